The number of ether oxygens (including phenoxy) is 1. The summed E-state index contributed by atoms with van der Waals surface area (Å²) < 4.78 is 6.28. The zero-order chi connectivity index (χ0) is 17.0. The molecule has 0 atom stereocenters. The summed E-state index contributed by atoms with van der Waals surface area (Å²) in [5, 5.41) is 7.22. The fourth-order valence-corrected chi connectivity index (χ4v) is 3.48. The molecule has 1 aliphatic carbocycles. The lowest BCUT2D eigenvalue weighted by Crippen LogP contribution is -2.42. The highest BCUT2D eigenvalue weighted by Gasteiger charge is 2.24. The van der Waals surface area contributed by atoms with Crippen LogP contribution in [0.3, 0.4) is 0 Å². The van der Waals surface area contributed by atoms with E-state index in [0.29, 0.717) is 11.1 Å². The molecule has 6 heteroatoms. The first-order valence-corrected chi connectivity index (χ1v) is 9.11. The van der Waals surface area contributed by atoms with Gasteiger partial charge in [-0.3, -0.25) is 0 Å². The van der Waals surface area contributed by atoms with Gasteiger partial charge in [0.2, 0.25) is 0 Å². The standard InChI is InChI=1S/C17H24BrClN2O2/c1-17(2,3)23-16(22)21-13-7-5-12(6-8-13)20-15-9-4-11(19)10-14(15)18/h4,9-10,12-13,20H,5-8H2,1-3H3,(H,21,22). The Morgan fingerprint density at radius 3 is 2.39 bits per heavy atom. The lowest BCUT2D eigenvalue weighted by molar-refractivity contribution is 0.0492. The molecule has 0 aliphatic heterocycles. The van der Waals surface area contributed by atoms with E-state index in [1.165, 1.54) is 0 Å². The second kappa shape index (κ2) is 7.75. The van der Waals surface area contributed by atoms with Crippen LogP contribution in [0.25, 0.3) is 0 Å². The van der Waals surface area contributed by atoms with Gasteiger partial charge in [0.1, 0.15) is 5.60 Å². The van der Waals surface area contributed by atoms with Crippen LogP contribution in [0.4, 0.5) is 10.5 Å². The minimum atomic E-state index is -0.455. The molecule has 23 heavy (non-hydrogen) atoms. The summed E-state index contributed by atoms with van der Waals surface area (Å²) in [6.45, 7) is 5.62. The lowest BCUT2D eigenvalue weighted by Gasteiger charge is -2.31. The van der Waals surface area contributed by atoms with Gasteiger partial charge in [0.25, 0.3) is 0 Å². The van der Waals surface area contributed by atoms with Crippen LogP contribution in [-0.2, 0) is 4.74 Å². The number of hydrogen-bond donors (Lipinski definition) is 2. The van der Waals surface area contributed by atoms with Gasteiger partial charge in [-0.2, -0.15) is 0 Å². The van der Waals surface area contributed by atoms with Crippen molar-refractivity contribution in [1.29, 1.82) is 0 Å². The molecule has 2 rings (SSSR count). The predicted octanol–water partition coefficient (Wildman–Crippen LogP) is 5.35. The molecule has 4 nitrogen and oxygen atoms in total. The molecule has 1 amide bonds. The first kappa shape index (κ1) is 18.4. The highest BCUT2D eigenvalue weighted by molar-refractivity contribution is 9.10. The maximum Gasteiger partial charge on any atom is 0.407 e. The maximum absolute atomic E-state index is 11.8. The largest absolute Gasteiger partial charge is 0.444 e. The summed E-state index contributed by atoms with van der Waals surface area (Å²) in [4.78, 5) is 11.8. The van der Waals surface area contributed by atoms with Crippen LogP contribution in [0.1, 0.15) is 46.5 Å². The number of rotatable bonds is 3. The number of hydrogen-bond acceptors (Lipinski definition) is 3. The van der Waals surface area contributed by atoms with E-state index in [0.717, 1.165) is 35.8 Å². The quantitative estimate of drug-likeness (QED) is 0.715. The van der Waals surface area contributed by atoms with Crippen molar-refractivity contribution in [3.63, 3.8) is 0 Å². The molecule has 1 aromatic rings. The van der Waals surface area contributed by atoms with Crippen molar-refractivity contribution in [3.05, 3.63) is 27.7 Å². The zero-order valence-electron chi connectivity index (χ0n) is 13.8. The van der Waals surface area contributed by atoms with Crippen LogP contribution in [0, 0.1) is 0 Å². The molecule has 0 saturated heterocycles. The van der Waals surface area contributed by atoms with Crippen molar-refractivity contribution in [2.45, 2.75) is 64.1 Å². The molecule has 0 aromatic heterocycles. The van der Waals surface area contributed by atoms with Gasteiger partial charge in [-0.25, -0.2) is 4.79 Å². The Morgan fingerprint density at radius 1 is 1.22 bits per heavy atom. The number of amides is 1. The normalized spacial score (nSPS) is 21.6. The fraction of sp³-hybridized carbons (Fsp3) is 0.588. The van der Waals surface area contributed by atoms with E-state index < -0.39 is 5.60 Å². The summed E-state index contributed by atoms with van der Waals surface area (Å²) in [6, 6.07) is 6.35. The molecule has 0 heterocycles. The molecule has 1 fully saturated rings. The molecule has 0 bridgehead atoms. The number of halogens is 2. The third kappa shape index (κ3) is 6.22. The molecule has 128 valence electrons. The summed E-state index contributed by atoms with van der Waals surface area (Å²) in [5.74, 6) is 0. The highest BCUT2D eigenvalue weighted by Crippen LogP contribution is 2.29. The van der Waals surface area contributed by atoms with Crippen molar-refractivity contribution < 1.29 is 9.53 Å². The van der Waals surface area contributed by atoms with Crippen LogP contribution in [0.2, 0.25) is 5.02 Å². The SMILES string of the molecule is CC(C)(C)OC(=O)NC1CCC(Nc2ccc(Cl)cc2Br)CC1. The van der Waals surface area contributed by atoms with Gasteiger partial charge in [0.15, 0.2) is 0 Å². The van der Waals surface area contributed by atoms with E-state index in [1.54, 1.807) is 0 Å². The Labute approximate surface area is 151 Å². The molecule has 0 unspecified atom stereocenters. The van der Waals surface area contributed by atoms with Crippen molar-refractivity contribution >= 4 is 39.3 Å². The van der Waals surface area contributed by atoms with E-state index in [2.05, 4.69) is 26.6 Å². The van der Waals surface area contributed by atoms with Crippen LogP contribution in [0.15, 0.2) is 22.7 Å². The van der Waals surface area contributed by atoms with E-state index in [1.807, 2.05) is 39.0 Å². The molecule has 2 N–H and O–H groups in total. The maximum atomic E-state index is 11.8. The fourth-order valence-electron chi connectivity index (χ4n) is 2.68. The number of anilines is 1. The van der Waals surface area contributed by atoms with Crippen molar-refractivity contribution in [2.75, 3.05) is 5.32 Å². The van der Waals surface area contributed by atoms with Crippen LogP contribution in [0.5, 0.6) is 0 Å². The van der Waals surface area contributed by atoms with Gasteiger partial charge in [-0.1, -0.05) is 11.6 Å². The molecule has 0 spiro atoms. The Balaban J connectivity index is 1.79. The molecule has 1 saturated carbocycles. The van der Waals surface area contributed by atoms with Gasteiger partial charge in [-0.05, 0) is 80.6 Å². The monoisotopic (exact) mass is 402 g/mol. The number of alkyl carbamates (subject to hydrolysis) is 1. The van der Waals surface area contributed by atoms with E-state index in [4.69, 9.17) is 16.3 Å². The van der Waals surface area contributed by atoms with Crippen molar-refractivity contribution in [2.24, 2.45) is 0 Å². The van der Waals surface area contributed by atoms with Gasteiger partial charge in [0.05, 0.1) is 0 Å². The molecular formula is C17H24BrClN2O2. The number of benzene rings is 1. The minimum absolute atomic E-state index is 0.191. The lowest BCUT2D eigenvalue weighted by atomic mass is 9.91. The second-order valence-corrected chi connectivity index (χ2v) is 8.25. The Morgan fingerprint density at radius 2 is 1.83 bits per heavy atom. The molecule has 1 aliphatic rings. The van der Waals surface area contributed by atoms with Crippen molar-refractivity contribution in [3.8, 4) is 0 Å². The topological polar surface area (TPSA) is 50.4 Å². The first-order valence-electron chi connectivity index (χ1n) is 7.94. The number of carbonyl (C=O) groups excluding carboxylic acids is 1. The first-order chi connectivity index (χ1) is 10.7. The van der Waals surface area contributed by atoms with Gasteiger partial charge in [-0.15, -0.1) is 0 Å². The average molecular weight is 404 g/mol. The average Bonchev–Trinajstić information content (AvgIpc) is 2.42. The Bertz CT molecular complexity index is 552. The molecule has 0 radical (unpaired) electrons. The smallest absolute Gasteiger partial charge is 0.407 e. The van der Waals surface area contributed by atoms with E-state index in [9.17, 15) is 4.79 Å². The summed E-state index contributed by atoms with van der Waals surface area (Å²) in [6.07, 6.45) is 3.59. The number of nitrogens with one attached hydrogen (secondary N) is 2. The van der Waals surface area contributed by atoms with Crippen molar-refractivity contribution in [1.82, 2.24) is 5.32 Å². The summed E-state index contributed by atoms with van der Waals surface area (Å²) in [7, 11) is 0. The van der Waals surface area contributed by atoms with Gasteiger partial charge in [0, 0.05) is 27.3 Å². The second-order valence-electron chi connectivity index (χ2n) is 6.96. The minimum Gasteiger partial charge on any atom is -0.444 e. The zero-order valence-corrected chi connectivity index (χ0v) is 16.1. The Kier molecular flexibility index (Phi) is 6.20. The van der Waals surface area contributed by atoms with Gasteiger partial charge >= 0.3 is 6.09 Å². The van der Waals surface area contributed by atoms with E-state index in [-0.39, 0.29) is 12.1 Å². The third-order valence-electron chi connectivity index (χ3n) is 3.74. The van der Waals surface area contributed by atoms with Crippen LogP contribution in [-0.4, -0.2) is 23.8 Å². The highest BCUT2D eigenvalue weighted by atomic mass is 79.9. The number of carbonyl (C=O) groups is 1. The van der Waals surface area contributed by atoms with E-state index >= 15 is 0 Å². The summed E-state index contributed by atoms with van der Waals surface area (Å²) in [5.41, 5.74) is 0.599. The third-order valence-corrected chi connectivity index (χ3v) is 4.63. The molecule has 1 aromatic carbocycles. The van der Waals surface area contributed by atoms with Gasteiger partial charge < -0.3 is 15.4 Å². The summed E-state index contributed by atoms with van der Waals surface area (Å²) >= 11 is 9.49. The van der Waals surface area contributed by atoms with Crippen LogP contribution < -0.4 is 10.6 Å². The predicted molar refractivity (Wildman–Crippen MR) is 98.2 cm³/mol. The molecular weight excluding hydrogens is 380 g/mol. The Hall–Kier alpha value is -0.940. The van der Waals surface area contributed by atoms with Crippen LogP contribution >= 0.6 is 27.5 Å².